The van der Waals surface area contributed by atoms with E-state index in [4.69, 9.17) is 19.2 Å². The lowest BCUT2D eigenvalue weighted by Crippen LogP contribution is -2.54. The molecule has 0 unspecified atom stereocenters. The van der Waals surface area contributed by atoms with Crippen LogP contribution in [0.1, 0.15) is 54.2 Å². The number of hydrogen-bond donors (Lipinski definition) is 2. The number of piperazine rings is 1. The molecular weight excluding hydrogens is 534 g/mol. The van der Waals surface area contributed by atoms with E-state index < -0.39 is 6.09 Å². The van der Waals surface area contributed by atoms with E-state index in [1.165, 1.54) is 7.11 Å². The fraction of sp³-hybridized carbons (Fsp3) is 0.469. The monoisotopic (exact) mass is 575 g/mol. The Balaban J connectivity index is 1.39. The number of aryl methyl sites for hydroxylation is 1. The first kappa shape index (κ1) is 29.4. The zero-order valence-corrected chi connectivity index (χ0v) is 24.7. The highest BCUT2D eigenvalue weighted by Gasteiger charge is 2.35. The molecule has 5 rings (SSSR count). The van der Waals surface area contributed by atoms with E-state index in [0.29, 0.717) is 38.4 Å². The highest BCUT2D eigenvalue weighted by Crippen LogP contribution is 2.35. The molecule has 2 aliphatic rings. The van der Waals surface area contributed by atoms with Gasteiger partial charge in [-0.1, -0.05) is 49.2 Å². The van der Waals surface area contributed by atoms with Gasteiger partial charge in [0.25, 0.3) is 5.91 Å². The van der Waals surface area contributed by atoms with Gasteiger partial charge in [-0.05, 0) is 31.4 Å². The summed E-state index contributed by atoms with van der Waals surface area (Å²) in [6, 6.07) is 15.5. The highest BCUT2D eigenvalue weighted by molar-refractivity contribution is 5.98. The molecule has 2 fully saturated rings. The molecule has 1 saturated carbocycles. The molecule has 1 aromatic heterocycles. The standard InChI is InChI=1S/C32H41N5O5/c1-22-13-14-25(19-28(22)40-2)42-18-15-24-20-33-16-17-36(24)31(38)29-30(23-9-5-4-6-10-23)37(21-34-29)27-12-8-7-11-26(27)35-32(39)41-3/h4-6,9-10,13-14,19,21,24,26-27,33H,7-8,11-12,15-18,20H2,1-3H3,(H,35,39)/t24-,26+,27+/m1/s1. The number of rotatable bonds is 9. The Hall–Kier alpha value is -4.05. The van der Waals surface area contributed by atoms with Crippen LogP contribution in [0.2, 0.25) is 0 Å². The van der Waals surface area contributed by atoms with E-state index >= 15 is 0 Å². The van der Waals surface area contributed by atoms with Crippen LogP contribution >= 0.6 is 0 Å². The third kappa shape index (κ3) is 6.54. The number of hydrogen-bond acceptors (Lipinski definition) is 7. The Morgan fingerprint density at radius 3 is 2.69 bits per heavy atom. The number of carbonyl (C=O) groups excluding carboxylic acids is 2. The summed E-state index contributed by atoms with van der Waals surface area (Å²) < 4.78 is 18.5. The summed E-state index contributed by atoms with van der Waals surface area (Å²) in [5.41, 5.74) is 3.18. The van der Waals surface area contributed by atoms with Crippen LogP contribution in [0.3, 0.4) is 0 Å². The van der Waals surface area contributed by atoms with Crippen molar-refractivity contribution in [3.05, 3.63) is 66.1 Å². The van der Waals surface area contributed by atoms with Crippen molar-refractivity contribution in [1.29, 1.82) is 0 Å². The summed E-state index contributed by atoms with van der Waals surface area (Å²) in [5, 5.41) is 6.45. The molecule has 0 radical (unpaired) electrons. The number of aromatic nitrogens is 2. The van der Waals surface area contributed by atoms with Gasteiger partial charge in [-0.15, -0.1) is 0 Å². The predicted octanol–water partition coefficient (Wildman–Crippen LogP) is 4.59. The Morgan fingerprint density at radius 2 is 1.90 bits per heavy atom. The molecular formula is C32H41N5O5. The van der Waals surface area contributed by atoms with Crippen LogP contribution in [-0.4, -0.2) is 79.0 Å². The fourth-order valence-corrected chi connectivity index (χ4v) is 6.10. The van der Waals surface area contributed by atoms with Gasteiger partial charge in [-0.25, -0.2) is 9.78 Å². The number of ether oxygens (including phenoxy) is 3. The molecule has 224 valence electrons. The van der Waals surface area contributed by atoms with Gasteiger partial charge in [0, 0.05) is 43.7 Å². The zero-order chi connectivity index (χ0) is 29.5. The van der Waals surface area contributed by atoms with Crippen LogP contribution in [-0.2, 0) is 4.74 Å². The van der Waals surface area contributed by atoms with Crippen molar-refractivity contribution in [2.24, 2.45) is 0 Å². The number of nitrogens with zero attached hydrogens (tertiary/aromatic N) is 3. The van der Waals surface area contributed by atoms with E-state index in [0.717, 1.165) is 54.0 Å². The first-order chi connectivity index (χ1) is 20.5. The summed E-state index contributed by atoms with van der Waals surface area (Å²) >= 11 is 0. The van der Waals surface area contributed by atoms with E-state index in [1.54, 1.807) is 13.4 Å². The van der Waals surface area contributed by atoms with Crippen LogP contribution < -0.4 is 20.1 Å². The molecule has 2 N–H and O–H groups in total. The quantitative estimate of drug-likeness (QED) is 0.384. The topological polar surface area (TPSA) is 107 Å². The molecule has 2 aromatic carbocycles. The van der Waals surface area contributed by atoms with Crippen LogP contribution in [0.5, 0.6) is 11.5 Å². The Labute approximate surface area is 247 Å². The molecule has 42 heavy (non-hydrogen) atoms. The van der Waals surface area contributed by atoms with Crippen LogP contribution in [0.4, 0.5) is 4.79 Å². The normalized spacial score (nSPS) is 20.5. The SMILES string of the molecule is COC(=O)N[C@H]1CCCC[C@@H]1n1cnc(C(=O)N2CCNC[C@H]2CCOc2ccc(C)c(OC)c2)c1-c1ccccc1. The number of alkyl carbamates (subject to hydrolysis) is 1. The van der Waals surface area contributed by atoms with E-state index in [1.807, 2.05) is 60.4 Å². The van der Waals surface area contributed by atoms with E-state index in [9.17, 15) is 9.59 Å². The van der Waals surface area contributed by atoms with Gasteiger partial charge in [-0.3, -0.25) is 4.79 Å². The molecule has 10 heteroatoms. The van der Waals surface area contributed by atoms with Gasteiger partial charge in [0.15, 0.2) is 5.69 Å². The molecule has 2 heterocycles. The van der Waals surface area contributed by atoms with Crippen LogP contribution in [0.15, 0.2) is 54.9 Å². The maximum atomic E-state index is 14.2. The number of imidazole rings is 1. The molecule has 1 aliphatic heterocycles. The van der Waals surface area contributed by atoms with E-state index in [-0.39, 0.29) is 24.0 Å². The predicted molar refractivity (Wildman–Crippen MR) is 160 cm³/mol. The van der Waals surface area contributed by atoms with Crippen molar-refractivity contribution in [2.45, 2.75) is 57.2 Å². The molecule has 0 bridgehead atoms. The number of benzene rings is 2. The highest BCUT2D eigenvalue weighted by atomic mass is 16.5. The minimum absolute atomic E-state index is 0.0409. The average Bonchev–Trinajstić information content (AvgIpc) is 3.47. The van der Waals surface area contributed by atoms with Crippen LogP contribution in [0, 0.1) is 6.92 Å². The van der Waals surface area contributed by atoms with Gasteiger partial charge in [-0.2, -0.15) is 0 Å². The maximum Gasteiger partial charge on any atom is 0.407 e. The third-order valence-corrected chi connectivity index (χ3v) is 8.33. The Kier molecular flexibility index (Phi) is 9.63. The lowest BCUT2D eigenvalue weighted by molar-refractivity contribution is 0.0601. The molecule has 3 aromatic rings. The molecule has 3 atom stereocenters. The second kappa shape index (κ2) is 13.7. The van der Waals surface area contributed by atoms with Crippen LogP contribution in [0.25, 0.3) is 11.3 Å². The number of carbonyl (C=O) groups is 2. The van der Waals surface area contributed by atoms with E-state index in [2.05, 4.69) is 15.2 Å². The molecule has 1 saturated heterocycles. The summed E-state index contributed by atoms with van der Waals surface area (Å²) in [5.74, 6) is 1.44. The zero-order valence-electron chi connectivity index (χ0n) is 24.7. The van der Waals surface area contributed by atoms with Gasteiger partial charge in [0.05, 0.1) is 44.9 Å². The minimum atomic E-state index is -0.445. The van der Waals surface area contributed by atoms with Crippen molar-refractivity contribution < 1.29 is 23.8 Å². The Morgan fingerprint density at radius 1 is 1.10 bits per heavy atom. The molecule has 10 nitrogen and oxygen atoms in total. The fourth-order valence-electron chi connectivity index (χ4n) is 6.10. The first-order valence-electron chi connectivity index (χ1n) is 14.8. The van der Waals surface area contributed by atoms with Crippen molar-refractivity contribution in [3.63, 3.8) is 0 Å². The number of methoxy groups -OCH3 is 2. The largest absolute Gasteiger partial charge is 0.496 e. The second-order valence-corrected chi connectivity index (χ2v) is 10.9. The summed E-state index contributed by atoms with van der Waals surface area (Å²) in [6.07, 6.45) is 5.75. The van der Waals surface area contributed by atoms with Gasteiger partial charge >= 0.3 is 6.09 Å². The second-order valence-electron chi connectivity index (χ2n) is 10.9. The molecule has 1 aliphatic carbocycles. The minimum Gasteiger partial charge on any atom is -0.496 e. The lowest BCUT2D eigenvalue weighted by atomic mass is 9.89. The Bertz CT molecular complexity index is 1360. The first-order valence-corrected chi connectivity index (χ1v) is 14.8. The van der Waals surface area contributed by atoms with Gasteiger partial charge in [0.1, 0.15) is 11.5 Å². The van der Waals surface area contributed by atoms with Crippen molar-refractivity contribution in [1.82, 2.24) is 25.1 Å². The average molecular weight is 576 g/mol. The smallest absolute Gasteiger partial charge is 0.407 e. The summed E-state index contributed by atoms with van der Waals surface area (Å²) in [4.78, 5) is 33.0. The van der Waals surface area contributed by atoms with Crippen molar-refractivity contribution in [3.8, 4) is 22.8 Å². The summed E-state index contributed by atoms with van der Waals surface area (Å²) in [6.45, 7) is 4.44. The number of nitrogens with one attached hydrogen (secondary N) is 2. The number of amides is 2. The van der Waals surface area contributed by atoms with Crippen molar-refractivity contribution >= 4 is 12.0 Å². The van der Waals surface area contributed by atoms with Gasteiger partial charge in [0.2, 0.25) is 0 Å². The van der Waals surface area contributed by atoms with Gasteiger partial charge < -0.3 is 34.3 Å². The summed E-state index contributed by atoms with van der Waals surface area (Å²) in [7, 11) is 3.03. The maximum absolute atomic E-state index is 14.2. The molecule has 2 amide bonds. The lowest BCUT2D eigenvalue weighted by Gasteiger charge is -2.36. The molecule has 0 spiro atoms. The third-order valence-electron chi connectivity index (χ3n) is 8.33. The van der Waals surface area contributed by atoms with Crippen molar-refractivity contribution in [2.75, 3.05) is 40.5 Å².